The number of hydrogen-bond acceptors (Lipinski definition) is 3. The molecule has 0 spiro atoms. The Hall–Kier alpha value is -3.67. The van der Waals surface area contributed by atoms with Crippen LogP contribution in [0.4, 0.5) is 0 Å². The molecule has 0 fully saturated rings. The standard InChI is InChI=1S/C22H21N5O/c28-22(19-9-7-17(8-10-19)16-27-14-4-11-25-27)26-20(15-21-23-12-13-24-21)18-5-2-1-3-6-18/h1-14,20H,15-16H2,(H,23,24)(H,26,28). The Balaban J connectivity index is 1.47. The van der Waals surface area contributed by atoms with Crippen molar-refractivity contribution >= 4 is 5.91 Å². The maximum atomic E-state index is 12.8. The molecule has 2 aromatic carbocycles. The van der Waals surface area contributed by atoms with Gasteiger partial charge in [-0.25, -0.2) is 4.98 Å². The third-order valence-electron chi connectivity index (χ3n) is 4.58. The van der Waals surface area contributed by atoms with Crippen molar-refractivity contribution in [3.05, 3.63) is 108 Å². The number of nitrogens with one attached hydrogen (secondary N) is 2. The number of benzene rings is 2. The molecule has 0 aliphatic rings. The molecule has 0 aliphatic heterocycles. The van der Waals surface area contributed by atoms with Gasteiger partial charge >= 0.3 is 0 Å². The Morgan fingerprint density at radius 3 is 2.54 bits per heavy atom. The first-order chi connectivity index (χ1) is 13.8. The zero-order chi connectivity index (χ0) is 19.2. The van der Waals surface area contributed by atoms with Crippen molar-refractivity contribution in [2.75, 3.05) is 0 Å². The van der Waals surface area contributed by atoms with Gasteiger partial charge in [-0.05, 0) is 29.3 Å². The second-order valence-corrected chi connectivity index (χ2v) is 6.58. The number of nitrogens with zero attached hydrogens (tertiary/aromatic N) is 3. The molecule has 28 heavy (non-hydrogen) atoms. The van der Waals surface area contributed by atoms with Gasteiger partial charge in [0.05, 0.1) is 12.6 Å². The van der Waals surface area contributed by atoms with Crippen molar-refractivity contribution in [3.8, 4) is 0 Å². The maximum Gasteiger partial charge on any atom is 0.251 e. The van der Waals surface area contributed by atoms with Gasteiger partial charge in [0.2, 0.25) is 0 Å². The highest BCUT2D eigenvalue weighted by Crippen LogP contribution is 2.18. The number of carbonyl (C=O) groups is 1. The molecular weight excluding hydrogens is 350 g/mol. The van der Waals surface area contributed by atoms with Crippen molar-refractivity contribution < 1.29 is 4.79 Å². The average Bonchev–Trinajstić information content (AvgIpc) is 3.43. The van der Waals surface area contributed by atoms with Gasteiger partial charge in [-0.2, -0.15) is 5.10 Å². The van der Waals surface area contributed by atoms with Crippen LogP contribution >= 0.6 is 0 Å². The summed E-state index contributed by atoms with van der Waals surface area (Å²) in [7, 11) is 0. The Kier molecular flexibility index (Phi) is 5.29. The van der Waals surface area contributed by atoms with Gasteiger partial charge in [0, 0.05) is 36.8 Å². The lowest BCUT2D eigenvalue weighted by molar-refractivity contribution is 0.0936. The minimum atomic E-state index is -0.163. The second-order valence-electron chi connectivity index (χ2n) is 6.58. The molecule has 1 atom stereocenters. The van der Waals surface area contributed by atoms with E-state index in [1.54, 1.807) is 18.6 Å². The predicted molar refractivity (Wildman–Crippen MR) is 107 cm³/mol. The molecule has 4 aromatic rings. The monoisotopic (exact) mass is 371 g/mol. The molecule has 0 aliphatic carbocycles. The number of amides is 1. The molecule has 6 heteroatoms. The van der Waals surface area contributed by atoms with Gasteiger partial charge < -0.3 is 10.3 Å². The molecule has 1 unspecified atom stereocenters. The molecule has 0 saturated carbocycles. The van der Waals surface area contributed by atoms with Gasteiger partial charge in [0.1, 0.15) is 5.82 Å². The molecule has 0 saturated heterocycles. The summed E-state index contributed by atoms with van der Waals surface area (Å²) in [6.07, 6.45) is 7.78. The van der Waals surface area contributed by atoms with Crippen molar-refractivity contribution in [1.29, 1.82) is 0 Å². The van der Waals surface area contributed by atoms with E-state index in [0.717, 1.165) is 17.0 Å². The van der Waals surface area contributed by atoms with Crippen molar-refractivity contribution in [1.82, 2.24) is 25.1 Å². The number of imidazole rings is 1. The number of rotatable bonds is 7. The molecule has 140 valence electrons. The normalized spacial score (nSPS) is 11.9. The molecule has 4 rings (SSSR count). The zero-order valence-electron chi connectivity index (χ0n) is 15.3. The van der Waals surface area contributed by atoms with Crippen LogP contribution in [0.15, 0.2) is 85.5 Å². The summed E-state index contributed by atoms with van der Waals surface area (Å²) in [6, 6.07) is 19.3. The van der Waals surface area contributed by atoms with Gasteiger partial charge in [0.15, 0.2) is 0 Å². The Labute approximate surface area is 163 Å². The lowest BCUT2D eigenvalue weighted by atomic mass is 10.0. The van der Waals surface area contributed by atoms with Gasteiger partial charge in [-0.3, -0.25) is 9.48 Å². The molecule has 2 aromatic heterocycles. The maximum absolute atomic E-state index is 12.8. The highest BCUT2D eigenvalue weighted by Gasteiger charge is 2.17. The van der Waals surface area contributed by atoms with Crippen molar-refractivity contribution in [2.45, 2.75) is 19.0 Å². The topological polar surface area (TPSA) is 75.6 Å². The van der Waals surface area contributed by atoms with Gasteiger partial charge in [-0.1, -0.05) is 42.5 Å². The number of aromatic amines is 1. The number of aromatic nitrogens is 4. The summed E-state index contributed by atoms with van der Waals surface area (Å²) in [5.74, 6) is 0.731. The van der Waals surface area contributed by atoms with Crippen molar-refractivity contribution in [2.24, 2.45) is 0 Å². The third kappa shape index (κ3) is 4.35. The molecule has 2 heterocycles. The SMILES string of the molecule is O=C(NC(Cc1ncc[nH]1)c1ccccc1)c1ccc(Cn2cccn2)cc1. The van der Waals surface area contributed by atoms with Gasteiger partial charge in [-0.15, -0.1) is 0 Å². The quantitative estimate of drug-likeness (QED) is 0.523. The summed E-state index contributed by atoms with van der Waals surface area (Å²) < 4.78 is 1.85. The van der Waals surface area contributed by atoms with Crippen LogP contribution in [0.2, 0.25) is 0 Å². The van der Waals surface area contributed by atoms with Crippen LogP contribution in [0.1, 0.15) is 33.4 Å². The number of carbonyl (C=O) groups excluding carboxylic acids is 1. The predicted octanol–water partition coefficient (Wildman–Crippen LogP) is 3.37. The molecular formula is C22H21N5O. The van der Waals surface area contributed by atoms with E-state index in [-0.39, 0.29) is 11.9 Å². The Morgan fingerprint density at radius 1 is 1.04 bits per heavy atom. The fourth-order valence-electron chi connectivity index (χ4n) is 3.12. The van der Waals surface area contributed by atoms with E-state index in [1.165, 1.54) is 0 Å². The summed E-state index contributed by atoms with van der Waals surface area (Å²) in [6.45, 7) is 0.681. The lowest BCUT2D eigenvalue weighted by Gasteiger charge is -2.18. The van der Waals surface area contributed by atoms with Crippen LogP contribution in [0, 0.1) is 0 Å². The van der Waals surface area contributed by atoms with Crippen molar-refractivity contribution in [3.63, 3.8) is 0 Å². The summed E-state index contributed by atoms with van der Waals surface area (Å²) >= 11 is 0. The highest BCUT2D eigenvalue weighted by atomic mass is 16.1. The molecule has 0 radical (unpaired) electrons. The van der Waals surface area contributed by atoms with E-state index in [2.05, 4.69) is 20.4 Å². The van der Waals surface area contributed by atoms with E-state index in [4.69, 9.17) is 0 Å². The first-order valence-electron chi connectivity index (χ1n) is 9.18. The van der Waals surface area contributed by atoms with Crippen LogP contribution in [-0.4, -0.2) is 25.7 Å². The fraction of sp³-hybridized carbons (Fsp3) is 0.136. The molecule has 1 amide bonds. The first kappa shape index (κ1) is 17.7. The number of hydrogen-bond donors (Lipinski definition) is 2. The molecule has 6 nitrogen and oxygen atoms in total. The lowest BCUT2D eigenvalue weighted by Crippen LogP contribution is -2.30. The Morgan fingerprint density at radius 2 is 1.86 bits per heavy atom. The van der Waals surface area contributed by atoms with Crippen LogP contribution in [0.3, 0.4) is 0 Å². The molecule has 2 N–H and O–H groups in total. The van der Waals surface area contributed by atoms with Crippen LogP contribution < -0.4 is 5.32 Å². The summed E-state index contributed by atoms with van der Waals surface area (Å²) in [5.41, 5.74) is 2.77. The van der Waals surface area contributed by atoms with E-state index < -0.39 is 0 Å². The smallest absolute Gasteiger partial charge is 0.251 e. The van der Waals surface area contributed by atoms with Crippen LogP contribution in [-0.2, 0) is 13.0 Å². The fourth-order valence-corrected chi connectivity index (χ4v) is 3.12. The third-order valence-corrected chi connectivity index (χ3v) is 4.58. The van der Waals surface area contributed by atoms with E-state index in [0.29, 0.717) is 18.5 Å². The minimum Gasteiger partial charge on any atom is -0.349 e. The van der Waals surface area contributed by atoms with E-state index >= 15 is 0 Å². The molecule has 0 bridgehead atoms. The van der Waals surface area contributed by atoms with Crippen LogP contribution in [0.25, 0.3) is 0 Å². The van der Waals surface area contributed by atoms with E-state index in [9.17, 15) is 4.79 Å². The first-order valence-corrected chi connectivity index (χ1v) is 9.18. The van der Waals surface area contributed by atoms with Gasteiger partial charge in [0.25, 0.3) is 5.91 Å². The zero-order valence-corrected chi connectivity index (χ0v) is 15.3. The minimum absolute atomic E-state index is 0.106. The van der Waals surface area contributed by atoms with E-state index in [1.807, 2.05) is 71.5 Å². The largest absolute Gasteiger partial charge is 0.349 e. The highest BCUT2D eigenvalue weighted by molar-refractivity contribution is 5.94. The second kappa shape index (κ2) is 8.35. The number of H-pyrrole nitrogens is 1. The van der Waals surface area contributed by atoms with Crippen LogP contribution in [0.5, 0.6) is 0 Å². The summed E-state index contributed by atoms with van der Waals surface area (Å²) in [4.78, 5) is 20.2. The average molecular weight is 371 g/mol. The summed E-state index contributed by atoms with van der Waals surface area (Å²) in [5, 5.41) is 7.34. The Bertz CT molecular complexity index is 993.